The molecular formula is C4H9N3O. The Hall–Kier alpha value is -1.06. The fourth-order valence-corrected chi connectivity index (χ4v) is 0.185. The van der Waals surface area contributed by atoms with Gasteiger partial charge >= 0.3 is 0 Å². The summed E-state index contributed by atoms with van der Waals surface area (Å²) >= 11 is 0. The largest absolute Gasteiger partial charge is 0.349 e. The smallest absolute Gasteiger partial charge is 0.213 e. The van der Waals surface area contributed by atoms with Gasteiger partial charge in [0.1, 0.15) is 0 Å². The predicted octanol–water partition coefficient (Wildman–Crippen LogP) is -0.771. The zero-order valence-corrected chi connectivity index (χ0v) is 4.93. The summed E-state index contributed by atoms with van der Waals surface area (Å²) in [7, 11) is 3.36. The van der Waals surface area contributed by atoms with E-state index in [0.717, 1.165) is 0 Å². The van der Waals surface area contributed by atoms with E-state index in [0.29, 0.717) is 6.41 Å². The Morgan fingerprint density at radius 1 is 1.75 bits per heavy atom. The van der Waals surface area contributed by atoms with E-state index in [2.05, 4.69) is 5.32 Å². The molecule has 0 rings (SSSR count). The lowest BCUT2D eigenvalue weighted by atomic mass is 10.8. The van der Waals surface area contributed by atoms with Gasteiger partial charge in [0, 0.05) is 14.1 Å². The van der Waals surface area contributed by atoms with Gasteiger partial charge in [-0.2, -0.15) is 0 Å². The molecule has 2 N–H and O–H groups in total. The minimum atomic E-state index is 0.0972. The lowest BCUT2D eigenvalue weighted by Crippen LogP contribution is -2.34. The molecule has 0 aromatic rings. The zero-order valence-electron chi connectivity index (χ0n) is 4.93. The van der Waals surface area contributed by atoms with Crippen molar-refractivity contribution < 1.29 is 4.79 Å². The monoisotopic (exact) mass is 115 g/mol. The fraction of sp³-hybridized carbons (Fsp3) is 0.500. The second-order valence-electron chi connectivity index (χ2n) is 1.51. The van der Waals surface area contributed by atoms with Crippen LogP contribution in [0.2, 0.25) is 0 Å². The summed E-state index contributed by atoms with van der Waals surface area (Å²) in [6, 6.07) is 0. The molecule has 0 bridgehead atoms. The summed E-state index contributed by atoms with van der Waals surface area (Å²) in [5.74, 6) is 0.0972. The minimum absolute atomic E-state index is 0.0972. The highest BCUT2D eigenvalue weighted by Crippen LogP contribution is 1.68. The summed E-state index contributed by atoms with van der Waals surface area (Å²) in [6.07, 6.45) is 0.475. The van der Waals surface area contributed by atoms with Crippen molar-refractivity contribution in [3.05, 3.63) is 0 Å². The van der Waals surface area contributed by atoms with Crippen molar-refractivity contribution in [2.45, 2.75) is 0 Å². The molecule has 0 aliphatic carbocycles. The second kappa shape index (κ2) is 3.01. The molecule has 0 atom stereocenters. The number of amides is 1. The van der Waals surface area contributed by atoms with Crippen LogP contribution in [-0.2, 0) is 4.79 Å². The van der Waals surface area contributed by atoms with Crippen molar-refractivity contribution in [3.63, 3.8) is 0 Å². The summed E-state index contributed by atoms with van der Waals surface area (Å²) in [5, 5.41) is 9.10. The minimum Gasteiger partial charge on any atom is -0.349 e. The highest BCUT2D eigenvalue weighted by molar-refractivity contribution is 5.85. The molecule has 0 aromatic carbocycles. The third-order valence-corrected chi connectivity index (χ3v) is 0.643. The second-order valence-corrected chi connectivity index (χ2v) is 1.51. The third kappa shape index (κ3) is 2.17. The maximum Gasteiger partial charge on any atom is 0.213 e. The van der Waals surface area contributed by atoms with E-state index in [-0.39, 0.29) is 5.96 Å². The summed E-state index contributed by atoms with van der Waals surface area (Å²) in [6.45, 7) is 0. The number of carbonyl (C=O) groups excluding carboxylic acids is 1. The van der Waals surface area contributed by atoms with E-state index in [4.69, 9.17) is 5.41 Å². The molecule has 0 heterocycles. The van der Waals surface area contributed by atoms with Gasteiger partial charge in [-0.05, 0) is 0 Å². The first-order valence-electron chi connectivity index (χ1n) is 2.14. The molecule has 4 heteroatoms. The van der Waals surface area contributed by atoms with Crippen LogP contribution in [0, 0.1) is 5.41 Å². The van der Waals surface area contributed by atoms with Crippen LogP contribution in [0.4, 0.5) is 0 Å². The highest BCUT2D eigenvalue weighted by atomic mass is 16.1. The van der Waals surface area contributed by atoms with Gasteiger partial charge in [-0.15, -0.1) is 0 Å². The molecule has 8 heavy (non-hydrogen) atoms. The van der Waals surface area contributed by atoms with Crippen molar-refractivity contribution in [3.8, 4) is 0 Å². The van der Waals surface area contributed by atoms with Gasteiger partial charge < -0.3 is 4.90 Å². The quantitative estimate of drug-likeness (QED) is 0.268. The molecule has 0 unspecified atom stereocenters. The van der Waals surface area contributed by atoms with Crippen LogP contribution >= 0.6 is 0 Å². The Balaban J connectivity index is 3.48. The maximum atomic E-state index is 9.64. The van der Waals surface area contributed by atoms with Crippen LogP contribution in [0.15, 0.2) is 0 Å². The summed E-state index contributed by atoms with van der Waals surface area (Å²) in [4.78, 5) is 11.1. The average Bonchev–Trinajstić information content (AvgIpc) is 1.67. The topological polar surface area (TPSA) is 56.2 Å². The first-order valence-corrected chi connectivity index (χ1v) is 2.14. The van der Waals surface area contributed by atoms with Gasteiger partial charge in [-0.1, -0.05) is 0 Å². The van der Waals surface area contributed by atoms with E-state index in [9.17, 15) is 4.79 Å². The molecule has 0 aromatic heterocycles. The Labute approximate surface area is 48.0 Å². The van der Waals surface area contributed by atoms with Crippen molar-refractivity contribution in [1.29, 1.82) is 5.41 Å². The molecule has 0 fully saturated rings. The number of carbonyl (C=O) groups is 1. The maximum absolute atomic E-state index is 9.64. The van der Waals surface area contributed by atoms with Crippen molar-refractivity contribution in [1.82, 2.24) is 10.2 Å². The Morgan fingerprint density at radius 2 is 2.25 bits per heavy atom. The van der Waals surface area contributed by atoms with Crippen LogP contribution in [0.3, 0.4) is 0 Å². The van der Waals surface area contributed by atoms with Gasteiger partial charge in [-0.3, -0.25) is 15.5 Å². The molecule has 1 amide bonds. The average molecular weight is 115 g/mol. The van der Waals surface area contributed by atoms with Crippen molar-refractivity contribution in [2.75, 3.05) is 14.1 Å². The molecule has 0 saturated heterocycles. The number of hydrogen-bond acceptors (Lipinski definition) is 2. The molecule has 46 valence electrons. The number of rotatable bonds is 1. The van der Waals surface area contributed by atoms with Crippen molar-refractivity contribution in [2.24, 2.45) is 0 Å². The summed E-state index contributed by atoms with van der Waals surface area (Å²) < 4.78 is 0. The van der Waals surface area contributed by atoms with E-state index < -0.39 is 0 Å². The van der Waals surface area contributed by atoms with E-state index >= 15 is 0 Å². The molecule has 0 saturated carbocycles. The van der Waals surface area contributed by atoms with Gasteiger partial charge in [0.2, 0.25) is 6.41 Å². The molecule has 0 radical (unpaired) electrons. The van der Waals surface area contributed by atoms with Crippen molar-refractivity contribution >= 4 is 12.4 Å². The number of nitrogens with one attached hydrogen (secondary N) is 2. The zero-order chi connectivity index (χ0) is 6.57. The van der Waals surface area contributed by atoms with E-state index in [1.165, 1.54) is 4.90 Å². The lowest BCUT2D eigenvalue weighted by Gasteiger charge is -2.10. The van der Waals surface area contributed by atoms with Crippen LogP contribution in [0.5, 0.6) is 0 Å². The lowest BCUT2D eigenvalue weighted by molar-refractivity contribution is -0.108. The molecule has 4 nitrogen and oxygen atoms in total. The highest BCUT2D eigenvalue weighted by Gasteiger charge is 1.91. The summed E-state index contributed by atoms with van der Waals surface area (Å²) in [5.41, 5.74) is 0. The van der Waals surface area contributed by atoms with Gasteiger partial charge in [0.05, 0.1) is 0 Å². The van der Waals surface area contributed by atoms with E-state index in [1.807, 2.05) is 0 Å². The van der Waals surface area contributed by atoms with E-state index in [1.54, 1.807) is 14.1 Å². The first-order chi connectivity index (χ1) is 3.68. The first kappa shape index (κ1) is 6.94. The normalized spacial score (nSPS) is 7.75. The molecule has 0 aliphatic rings. The molecule has 0 aliphatic heterocycles. The number of guanidine groups is 1. The Bertz CT molecular complexity index is 99.5. The Morgan fingerprint density at radius 3 is 2.38 bits per heavy atom. The number of nitrogens with zero attached hydrogens (tertiary/aromatic N) is 1. The third-order valence-electron chi connectivity index (χ3n) is 0.643. The van der Waals surface area contributed by atoms with Gasteiger partial charge in [0.25, 0.3) is 0 Å². The Kier molecular flexibility index (Phi) is 2.61. The van der Waals surface area contributed by atoms with Gasteiger partial charge in [0.15, 0.2) is 5.96 Å². The predicted molar refractivity (Wildman–Crippen MR) is 30.6 cm³/mol. The van der Waals surface area contributed by atoms with Crippen LogP contribution < -0.4 is 5.32 Å². The van der Waals surface area contributed by atoms with Crippen LogP contribution in [0.25, 0.3) is 0 Å². The van der Waals surface area contributed by atoms with Gasteiger partial charge in [-0.25, -0.2) is 0 Å². The van der Waals surface area contributed by atoms with Crippen LogP contribution in [-0.4, -0.2) is 31.4 Å². The fourth-order valence-electron chi connectivity index (χ4n) is 0.185. The van der Waals surface area contributed by atoms with Crippen LogP contribution in [0.1, 0.15) is 0 Å². The standard InChI is InChI=1S/C4H9N3O/c1-7(2)4(5)6-3-8/h3H,1-2H3,(H2,5,6,8). The number of hydrogen-bond donors (Lipinski definition) is 2. The SMILES string of the molecule is CN(C)C(=N)NC=O. The molecule has 0 spiro atoms. The molecular weight excluding hydrogens is 106 g/mol.